The van der Waals surface area contributed by atoms with Crippen molar-refractivity contribution < 1.29 is 4.79 Å². The average Bonchev–Trinajstić information content (AvgIpc) is 2.87. The second-order valence-corrected chi connectivity index (χ2v) is 8.90. The molecule has 0 spiro atoms. The third-order valence-electron chi connectivity index (χ3n) is 6.15. The summed E-state index contributed by atoms with van der Waals surface area (Å²) in [5, 5.41) is 7.03. The lowest BCUT2D eigenvalue weighted by molar-refractivity contribution is -0.121. The number of carbonyl (C=O) groups is 1. The van der Waals surface area contributed by atoms with Crippen LogP contribution < -0.4 is 15.5 Å². The summed E-state index contributed by atoms with van der Waals surface area (Å²) in [5.41, 5.74) is 3.64. The van der Waals surface area contributed by atoms with Crippen LogP contribution in [0.1, 0.15) is 18.5 Å². The van der Waals surface area contributed by atoms with E-state index in [1.54, 1.807) is 6.20 Å². The second-order valence-electron chi connectivity index (χ2n) is 8.49. The Hall–Kier alpha value is -3.30. The van der Waals surface area contributed by atoms with E-state index in [9.17, 15) is 4.79 Å². The molecule has 3 aliphatic heterocycles. The Morgan fingerprint density at radius 2 is 1.82 bits per heavy atom. The maximum atomic E-state index is 12.3. The molecule has 0 saturated carbocycles. The Bertz CT molecular complexity index is 1170. The van der Waals surface area contributed by atoms with Gasteiger partial charge in [0.25, 0.3) is 0 Å². The molecule has 5 heterocycles. The molecule has 176 valence electrons. The summed E-state index contributed by atoms with van der Waals surface area (Å²) in [7, 11) is 0. The Labute approximate surface area is 203 Å². The van der Waals surface area contributed by atoms with Crippen LogP contribution in [-0.2, 0) is 11.2 Å². The Morgan fingerprint density at radius 1 is 0.941 bits per heavy atom. The lowest BCUT2D eigenvalue weighted by atomic mass is 10.1. The number of nitrogens with one attached hydrogen (secondary N) is 2. The topological polar surface area (TPSA) is 99.2 Å². The van der Waals surface area contributed by atoms with E-state index in [-0.39, 0.29) is 5.91 Å². The molecule has 10 heteroatoms. The number of benzene rings is 1. The Morgan fingerprint density at radius 3 is 2.71 bits per heavy atom. The molecule has 0 radical (unpaired) electrons. The molecule has 3 aliphatic rings. The maximum Gasteiger partial charge on any atom is 0.230 e. The van der Waals surface area contributed by atoms with Gasteiger partial charge in [0.05, 0.1) is 10.7 Å². The van der Waals surface area contributed by atoms with E-state index in [1.807, 2.05) is 30.3 Å². The summed E-state index contributed by atoms with van der Waals surface area (Å²) in [6, 6.07) is 9.72. The van der Waals surface area contributed by atoms with Crippen LogP contribution in [0.4, 0.5) is 17.3 Å². The number of hydrogen-bond donors (Lipinski definition) is 2. The fraction of sp³-hybridized carbons (Fsp3) is 0.375. The number of aromatic nitrogens is 4. The fourth-order valence-electron chi connectivity index (χ4n) is 4.27. The molecular weight excluding hydrogens is 452 g/mol. The largest absolute Gasteiger partial charge is 0.368 e. The molecule has 0 aliphatic carbocycles. The first-order valence-electron chi connectivity index (χ1n) is 11.6. The number of pyridine rings is 1. The van der Waals surface area contributed by atoms with Gasteiger partial charge in [0.2, 0.25) is 11.9 Å². The summed E-state index contributed by atoms with van der Waals surface area (Å²) < 4.78 is 0. The molecule has 1 amide bonds. The van der Waals surface area contributed by atoms with Gasteiger partial charge in [0.1, 0.15) is 6.33 Å². The van der Waals surface area contributed by atoms with Crippen molar-refractivity contribution in [3.05, 3.63) is 53.6 Å². The van der Waals surface area contributed by atoms with E-state index in [0.717, 1.165) is 68.2 Å². The van der Waals surface area contributed by atoms with E-state index in [0.29, 0.717) is 29.8 Å². The van der Waals surface area contributed by atoms with Crippen LogP contribution in [-0.4, -0.2) is 70.0 Å². The maximum absolute atomic E-state index is 12.3. The molecule has 6 rings (SSSR count). The normalized spacial score (nSPS) is 17.4. The molecule has 8 bridgehead atoms. The highest BCUT2D eigenvalue weighted by molar-refractivity contribution is 6.33. The predicted molar refractivity (Wildman–Crippen MR) is 132 cm³/mol. The van der Waals surface area contributed by atoms with Crippen molar-refractivity contribution in [3.8, 4) is 11.4 Å². The first kappa shape index (κ1) is 22.5. The molecule has 1 saturated heterocycles. The van der Waals surface area contributed by atoms with E-state index in [2.05, 4.69) is 40.4 Å². The average molecular weight is 479 g/mol. The summed E-state index contributed by atoms with van der Waals surface area (Å²) >= 11 is 6.55. The van der Waals surface area contributed by atoms with Crippen LogP contribution >= 0.6 is 11.6 Å². The van der Waals surface area contributed by atoms with Crippen LogP contribution in [0.15, 0.2) is 42.9 Å². The number of nitrogens with zero attached hydrogens (tertiary/aromatic N) is 6. The number of piperazine rings is 1. The van der Waals surface area contributed by atoms with Crippen LogP contribution in [0.5, 0.6) is 0 Å². The molecule has 0 unspecified atom stereocenters. The van der Waals surface area contributed by atoms with Gasteiger partial charge in [-0.15, -0.1) is 0 Å². The smallest absolute Gasteiger partial charge is 0.230 e. The molecule has 3 aromatic rings. The number of aryl methyl sites for hydroxylation is 1. The van der Waals surface area contributed by atoms with E-state index >= 15 is 0 Å². The molecule has 1 fully saturated rings. The summed E-state index contributed by atoms with van der Waals surface area (Å²) in [4.78, 5) is 34.6. The number of amides is 1. The monoisotopic (exact) mass is 478 g/mol. The van der Waals surface area contributed by atoms with Gasteiger partial charge in [-0.25, -0.2) is 9.97 Å². The summed E-state index contributed by atoms with van der Waals surface area (Å²) in [6.45, 7) is 4.87. The van der Waals surface area contributed by atoms with E-state index < -0.39 is 0 Å². The Balaban J connectivity index is 1.44. The quantitative estimate of drug-likeness (QED) is 0.509. The van der Waals surface area contributed by atoms with Crippen molar-refractivity contribution in [2.75, 3.05) is 49.5 Å². The fourth-order valence-corrected chi connectivity index (χ4v) is 4.51. The third-order valence-corrected chi connectivity index (χ3v) is 6.47. The van der Waals surface area contributed by atoms with Gasteiger partial charge >= 0.3 is 0 Å². The highest BCUT2D eigenvalue weighted by Gasteiger charge is 2.20. The molecule has 2 N–H and O–H groups in total. The van der Waals surface area contributed by atoms with Gasteiger partial charge < -0.3 is 15.5 Å². The van der Waals surface area contributed by atoms with Gasteiger partial charge in [-0.05, 0) is 43.2 Å². The van der Waals surface area contributed by atoms with E-state index in [4.69, 9.17) is 11.6 Å². The molecular formula is C24H27ClN8O. The van der Waals surface area contributed by atoms with Crippen molar-refractivity contribution in [1.82, 2.24) is 30.2 Å². The van der Waals surface area contributed by atoms with Crippen LogP contribution in [0, 0.1) is 0 Å². The van der Waals surface area contributed by atoms with Crippen molar-refractivity contribution in [2.45, 2.75) is 19.3 Å². The lowest BCUT2D eigenvalue weighted by Crippen LogP contribution is -2.47. The molecule has 1 aromatic carbocycles. The summed E-state index contributed by atoms with van der Waals surface area (Å²) in [6.07, 6.45) is 5.36. The van der Waals surface area contributed by atoms with Gasteiger partial charge in [-0.1, -0.05) is 11.6 Å². The zero-order valence-electron chi connectivity index (χ0n) is 18.9. The van der Waals surface area contributed by atoms with Crippen molar-refractivity contribution in [1.29, 1.82) is 0 Å². The predicted octanol–water partition coefficient (Wildman–Crippen LogP) is 2.91. The Kier molecular flexibility index (Phi) is 6.82. The molecule has 0 atom stereocenters. The minimum absolute atomic E-state index is 0.0922. The SMILES string of the molecule is O=C1CCN2CCN(CC2)c2cc(ccc2Cl)Nc2ncnc(n2)-c2ccnc(c2)CCCN1. The minimum Gasteiger partial charge on any atom is -0.368 e. The summed E-state index contributed by atoms with van der Waals surface area (Å²) in [5.74, 6) is 1.13. The molecule has 9 nitrogen and oxygen atoms in total. The van der Waals surface area contributed by atoms with Crippen LogP contribution in [0.2, 0.25) is 5.02 Å². The molecule has 34 heavy (non-hydrogen) atoms. The zero-order chi connectivity index (χ0) is 23.3. The lowest BCUT2D eigenvalue weighted by Gasteiger charge is -2.36. The van der Waals surface area contributed by atoms with Gasteiger partial charge in [-0.3, -0.25) is 14.7 Å². The highest BCUT2D eigenvalue weighted by Crippen LogP contribution is 2.31. The highest BCUT2D eigenvalue weighted by atomic mass is 35.5. The van der Waals surface area contributed by atoms with Crippen molar-refractivity contribution >= 4 is 34.8 Å². The second kappa shape index (κ2) is 10.3. The van der Waals surface area contributed by atoms with Crippen molar-refractivity contribution in [3.63, 3.8) is 0 Å². The standard InChI is InChI=1S/C24H27ClN8O/c25-20-4-3-19-15-21(20)33-12-10-32(11-13-33)9-6-22(34)27-7-1-2-18-14-17(5-8-26-18)23-28-16-29-24(30-19)31-23/h3-5,8,14-16H,1-2,6-7,9-13H2,(H,27,34)(H,28,29,30,31). The van der Waals surface area contributed by atoms with Crippen molar-refractivity contribution in [2.24, 2.45) is 0 Å². The number of carbonyl (C=O) groups excluding carboxylic acids is 1. The van der Waals surface area contributed by atoms with E-state index in [1.165, 1.54) is 6.33 Å². The third kappa shape index (κ3) is 5.43. The first-order chi connectivity index (χ1) is 16.6. The number of rotatable bonds is 0. The number of anilines is 3. The minimum atomic E-state index is 0.0922. The van der Waals surface area contributed by atoms with Crippen LogP contribution in [0.25, 0.3) is 11.4 Å². The molecule has 2 aromatic heterocycles. The van der Waals surface area contributed by atoms with Gasteiger partial charge in [0, 0.05) is 68.8 Å². The van der Waals surface area contributed by atoms with Gasteiger partial charge in [-0.2, -0.15) is 4.98 Å². The van der Waals surface area contributed by atoms with Gasteiger partial charge in [0.15, 0.2) is 5.82 Å². The number of fused-ring (bicyclic) bond motifs is 8. The zero-order valence-corrected chi connectivity index (χ0v) is 19.6. The number of halogens is 1. The number of hydrogen-bond acceptors (Lipinski definition) is 8. The van der Waals surface area contributed by atoms with Crippen LogP contribution in [0.3, 0.4) is 0 Å². The first-order valence-corrected chi connectivity index (χ1v) is 12.0.